The topological polar surface area (TPSA) is 42.9 Å². The number of carbonyl (C=O) groups is 1. The molecule has 0 unspecified atom stereocenters. The second kappa shape index (κ2) is 5.19. The van der Waals surface area contributed by atoms with Crippen molar-refractivity contribution in [1.29, 1.82) is 0 Å². The maximum atomic E-state index is 12.1. The zero-order valence-electron chi connectivity index (χ0n) is 9.35. The molecule has 17 heavy (non-hydrogen) atoms. The highest BCUT2D eigenvalue weighted by Crippen LogP contribution is 2.17. The van der Waals surface area contributed by atoms with Crippen LogP contribution in [0.15, 0.2) is 41.3 Å². The minimum absolute atomic E-state index is 0.0595. The lowest BCUT2D eigenvalue weighted by Gasteiger charge is -2.05. The summed E-state index contributed by atoms with van der Waals surface area (Å²) in [6, 6.07) is 5.69. The third-order valence-corrected chi connectivity index (χ3v) is 2.95. The van der Waals surface area contributed by atoms with E-state index in [1.54, 1.807) is 18.6 Å². The average Bonchev–Trinajstić information content (AvgIpc) is 2.33. The fraction of sp³-hybridized carbons (Fsp3) is 0.154. The zero-order chi connectivity index (χ0) is 12.3. The van der Waals surface area contributed by atoms with Gasteiger partial charge in [0.2, 0.25) is 0 Å². The predicted octanol–water partition coefficient (Wildman–Crippen LogP) is 2.97. The normalized spacial score (nSPS) is 10.2. The van der Waals surface area contributed by atoms with Gasteiger partial charge in [-0.15, -0.1) is 0 Å². The van der Waals surface area contributed by atoms with Crippen LogP contribution in [-0.2, 0) is 6.42 Å². The molecule has 0 radical (unpaired) electrons. The smallest absolute Gasteiger partial charge is 0.169 e. The van der Waals surface area contributed by atoms with Crippen molar-refractivity contribution < 1.29 is 4.79 Å². The highest BCUT2D eigenvalue weighted by atomic mass is 79.9. The number of rotatable bonds is 3. The van der Waals surface area contributed by atoms with Crippen molar-refractivity contribution in [2.75, 3.05) is 0 Å². The third-order valence-electron chi connectivity index (χ3n) is 2.46. The first-order chi connectivity index (χ1) is 8.16. The number of carbonyl (C=O) groups excluding carboxylic acids is 1. The number of hydrogen-bond donors (Lipinski definition) is 0. The molecule has 0 amide bonds. The zero-order valence-corrected chi connectivity index (χ0v) is 10.9. The summed E-state index contributed by atoms with van der Waals surface area (Å²) in [4.78, 5) is 20.1. The Morgan fingerprint density at radius 3 is 2.88 bits per heavy atom. The molecule has 0 aliphatic heterocycles. The van der Waals surface area contributed by atoms with Gasteiger partial charge < -0.3 is 0 Å². The van der Waals surface area contributed by atoms with Gasteiger partial charge in [0.15, 0.2) is 5.78 Å². The Morgan fingerprint density at radius 2 is 2.18 bits per heavy atom. The lowest BCUT2D eigenvalue weighted by Crippen LogP contribution is -2.07. The lowest BCUT2D eigenvalue weighted by molar-refractivity contribution is 0.0991. The lowest BCUT2D eigenvalue weighted by atomic mass is 10.0. The number of ketones is 1. The number of nitrogens with zero attached hydrogens (tertiary/aromatic N) is 2. The fourth-order valence-electron chi connectivity index (χ4n) is 1.58. The summed E-state index contributed by atoms with van der Waals surface area (Å²) in [5, 5.41) is 0. The first kappa shape index (κ1) is 11.9. The van der Waals surface area contributed by atoms with E-state index in [9.17, 15) is 4.79 Å². The number of halogens is 1. The SMILES string of the molecule is Cc1ccc(Br)cc1C(=O)Cc1cnccn1. The summed E-state index contributed by atoms with van der Waals surface area (Å²) in [6.45, 7) is 1.93. The summed E-state index contributed by atoms with van der Waals surface area (Å²) < 4.78 is 0.908. The van der Waals surface area contributed by atoms with Gasteiger partial charge in [0.1, 0.15) is 0 Å². The molecule has 2 aromatic rings. The van der Waals surface area contributed by atoms with Gasteiger partial charge in [-0.3, -0.25) is 14.8 Å². The molecule has 0 aliphatic rings. The molecule has 0 fully saturated rings. The van der Waals surface area contributed by atoms with Crippen LogP contribution in [0.2, 0.25) is 0 Å². The van der Waals surface area contributed by atoms with Crippen LogP contribution in [0.4, 0.5) is 0 Å². The van der Waals surface area contributed by atoms with Gasteiger partial charge >= 0.3 is 0 Å². The number of aryl methyl sites for hydroxylation is 1. The molecule has 4 heteroatoms. The van der Waals surface area contributed by atoms with Crippen LogP contribution in [0, 0.1) is 6.92 Å². The van der Waals surface area contributed by atoms with E-state index >= 15 is 0 Å². The third kappa shape index (κ3) is 2.97. The van der Waals surface area contributed by atoms with Gasteiger partial charge in [-0.1, -0.05) is 22.0 Å². The van der Waals surface area contributed by atoms with Crippen LogP contribution in [0.1, 0.15) is 21.6 Å². The molecule has 3 nitrogen and oxygen atoms in total. The summed E-state index contributed by atoms with van der Waals surface area (Å²) in [7, 11) is 0. The quantitative estimate of drug-likeness (QED) is 0.816. The monoisotopic (exact) mass is 290 g/mol. The molecule has 2 rings (SSSR count). The average molecular weight is 291 g/mol. The maximum absolute atomic E-state index is 12.1. The van der Waals surface area contributed by atoms with E-state index < -0.39 is 0 Å². The van der Waals surface area contributed by atoms with Crippen LogP contribution >= 0.6 is 15.9 Å². The molecule has 0 bridgehead atoms. The van der Waals surface area contributed by atoms with E-state index in [0.29, 0.717) is 5.69 Å². The molecule has 0 atom stereocenters. The van der Waals surface area contributed by atoms with E-state index in [2.05, 4.69) is 25.9 Å². The van der Waals surface area contributed by atoms with Crippen molar-refractivity contribution >= 4 is 21.7 Å². The van der Waals surface area contributed by atoms with Crippen LogP contribution in [0.25, 0.3) is 0 Å². The van der Waals surface area contributed by atoms with E-state index in [1.165, 1.54) is 0 Å². The number of benzene rings is 1. The Bertz CT molecular complexity index is 540. The minimum atomic E-state index is 0.0595. The van der Waals surface area contributed by atoms with Crippen molar-refractivity contribution in [2.24, 2.45) is 0 Å². The molecule has 0 saturated carbocycles. The molecular formula is C13H11BrN2O. The minimum Gasteiger partial charge on any atom is -0.294 e. The predicted molar refractivity (Wildman–Crippen MR) is 68.9 cm³/mol. The highest BCUT2D eigenvalue weighted by Gasteiger charge is 2.11. The van der Waals surface area contributed by atoms with E-state index in [-0.39, 0.29) is 12.2 Å². The van der Waals surface area contributed by atoms with Crippen LogP contribution in [0.5, 0.6) is 0 Å². The van der Waals surface area contributed by atoms with Crippen molar-refractivity contribution in [3.05, 3.63) is 58.1 Å². The second-order valence-electron chi connectivity index (χ2n) is 3.76. The van der Waals surface area contributed by atoms with Gasteiger partial charge in [-0.25, -0.2) is 0 Å². The first-order valence-corrected chi connectivity index (χ1v) is 6.00. The fourth-order valence-corrected chi connectivity index (χ4v) is 1.94. The molecule has 1 aromatic carbocycles. The number of aromatic nitrogens is 2. The van der Waals surface area contributed by atoms with Crippen LogP contribution < -0.4 is 0 Å². The molecule has 0 saturated heterocycles. The van der Waals surface area contributed by atoms with Crippen molar-refractivity contribution in [3.8, 4) is 0 Å². The molecule has 1 heterocycles. The number of Topliss-reactive ketones (excluding diaryl/α,β-unsaturated/α-hetero) is 1. The van der Waals surface area contributed by atoms with Crippen molar-refractivity contribution in [2.45, 2.75) is 13.3 Å². The van der Waals surface area contributed by atoms with E-state index in [1.807, 2.05) is 25.1 Å². The Hall–Kier alpha value is -1.55. The first-order valence-electron chi connectivity index (χ1n) is 5.21. The van der Waals surface area contributed by atoms with Crippen LogP contribution in [-0.4, -0.2) is 15.8 Å². The van der Waals surface area contributed by atoms with Gasteiger partial charge in [0.05, 0.1) is 12.1 Å². The molecule has 0 aliphatic carbocycles. The van der Waals surface area contributed by atoms with Gasteiger partial charge in [0.25, 0.3) is 0 Å². The maximum Gasteiger partial charge on any atom is 0.169 e. The number of hydrogen-bond acceptors (Lipinski definition) is 3. The van der Waals surface area contributed by atoms with Crippen LogP contribution in [0.3, 0.4) is 0 Å². The standard InChI is InChI=1S/C13H11BrN2O/c1-9-2-3-10(14)6-12(9)13(17)7-11-8-15-4-5-16-11/h2-6,8H,7H2,1H3. The Morgan fingerprint density at radius 1 is 1.35 bits per heavy atom. The largest absolute Gasteiger partial charge is 0.294 e. The Balaban J connectivity index is 2.23. The summed E-state index contributed by atoms with van der Waals surface area (Å²) in [5.74, 6) is 0.0595. The van der Waals surface area contributed by atoms with Crippen molar-refractivity contribution in [3.63, 3.8) is 0 Å². The summed E-state index contributed by atoms with van der Waals surface area (Å²) in [5.41, 5.74) is 2.39. The van der Waals surface area contributed by atoms with Crippen molar-refractivity contribution in [1.82, 2.24) is 9.97 Å². The molecule has 0 N–H and O–H groups in total. The van der Waals surface area contributed by atoms with E-state index in [0.717, 1.165) is 15.6 Å². The summed E-state index contributed by atoms with van der Waals surface area (Å²) in [6.07, 6.45) is 5.09. The molecule has 86 valence electrons. The Labute approximate surface area is 108 Å². The van der Waals surface area contributed by atoms with Gasteiger partial charge in [0, 0.05) is 28.6 Å². The second-order valence-corrected chi connectivity index (χ2v) is 4.67. The Kier molecular flexibility index (Phi) is 3.64. The molecular weight excluding hydrogens is 280 g/mol. The van der Waals surface area contributed by atoms with Gasteiger partial charge in [-0.2, -0.15) is 0 Å². The highest BCUT2D eigenvalue weighted by molar-refractivity contribution is 9.10. The molecule has 0 spiro atoms. The molecule has 1 aromatic heterocycles. The summed E-state index contributed by atoms with van der Waals surface area (Å²) >= 11 is 3.37. The van der Waals surface area contributed by atoms with E-state index in [4.69, 9.17) is 0 Å². The van der Waals surface area contributed by atoms with Gasteiger partial charge in [-0.05, 0) is 24.6 Å².